The van der Waals surface area contributed by atoms with Gasteiger partial charge in [-0.3, -0.25) is 9.59 Å². The van der Waals surface area contributed by atoms with Crippen LogP contribution in [0.25, 0.3) is 0 Å². The Bertz CT molecular complexity index is 716. The Morgan fingerprint density at radius 2 is 2.04 bits per heavy atom. The topological polar surface area (TPSA) is 78.9 Å². The van der Waals surface area contributed by atoms with Crippen LogP contribution in [-0.2, 0) is 28.6 Å². The van der Waals surface area contributed by atoms with Gasteiger partial charge in [-0.05, 0) is 24.0 Å². The minimum absolute atomic E-state index is 0.102. The Balaban J connectivity index is 1.95. The van der Waals surface area contributed by atoms with Crippen LogP contribution in [0.15, 0.2) is 35.5 Å². The SMILES string of the molecule is C=C1[C@H]2C(=C(COC(C)=O)CC[C@H]3C(=C)C(=O)O[C@H]23)C[C@@H]1OC(=O)CC. The standard InChI is InChI=1S/C20H24O6/c1-5-17(22)25-16-8-15-13(9-24-12(4)21)6-7-14-10(2)20(23)26-19(14)18(15)11(16)3/h14,16,18-19H,2-3,5-9H2,1,4H3/t14-,16-,18-,19-/m0/s1. The summed E-state index contributed by atoms with van der Waals surface area (Å²) in [6, 6.07) is 0. The van der Waals surface area contributed by atoms with Crippen molar-refractivity contribution in [2.24, 2.45) is 11.8 Å². The summed E-state index contributed by atoms with van der Waals surface area (Å²) in [4.78, 5) is 35.0. The van der Waals surface area contributed by atoms with Gasteiger partial charge in [0.25, 0.3) is 0 Å². The van der Waals surface area contributed by atoms with Gasteiger partial charge in [0, 0.05) is 37.2 Å². The molecule has 1 saturated heterocycles. The van der Waals surface area contributed by atoms with E-state index in [9.17, 15) is 14.4 Å². The molecule has 0 amide bonds. The molecule has 0 aromatic rings. The second-order valence-electron chi connectivity index (χ2n) is 7.04. The average Bonchev–Trinajstić information content (AvgIpc) is 2.99. The Morgan fingerprint density at radius 3 is 2.69 bits per heavy atom. The third kappa shape index (κ3) is 3.20. The van der Waals surface area contributed by atoms with E-state index in [-0.39, 0.29) is 48.9 Å². The van der Waals surface area contributed by atoms with Crippen LogP contribution in [0.5, 0.6) is 0 Å². The lowest BCUT2D eigenvalue weighted by molar-refractivity contribution is -0.147. The van der Waals surface area contributed by atoms with Gasteiger partial charge in [-0.25, -0.2) is 4.79 Å². The molecule has 3 rings (SSSR count). The van der Waals surface area contributed by atoms with Crippen molar-refractivity contribution in [1.82, 2.24) is 0 Å². The molecule has 1 aliphatic heterocycles. The average molecular weight is 360 g/mol. The fraction of sp³-hybridized carbons (Fsp3) is 0.550. The maximum atomic E-state index is 12.0. The minimum Gasteiger partial charge on any atom is -0.461 e. The fourth-order valence-corrected chi connectivity index (χ4v) is 4.13. The number of hydrogen-bond acceptors (Lipinski definition) is 6. The molecule has 6 nitrogen and oxygen atoms in total. The molecule has 0 bridgehead atoms. The maximum absolute atomic E-state index is 12.0. The Kier molecular flexibility index (Phi) is 5.03. The number of carbonyl (C=O) groups excluding carboxylic acids is 3. The molecule has 26 heavy (non-hydrogen) atoms. The second-order valence-corrected chi connectivity index (χ2v) is 7.04. The van der Waals surface area contributed by atoms with E-state index in [0.717, 1.165) is 16.7 Å². The molecule has 140 valence electrons. The molecule has 0 aromatic carbocycles. The number of ether oxygens (including phenoxy) is 3. The zero-order chi connectivity index (χ0) is 19.0. The molecule has 1 saturated carbocycles. The first-order valence-corrected chi connectivity index (χ1v) is 8.95. The summed E-state index contributed by atoms with van der Waals surface area (Å²) in [6.45, 7) is 11.3. The van der Waals surface area contributed by atoms with Gasteiger partial charge in [0.2, 0.25) is 0 Å². The van der Waals surface area contributed by atoms with Gasteiger partial charge < -0.3 is 14.2 Å². The molecule has 0 aromatic heterocycles. The van der Waals surface area contributed by atoms with E-state index in [1.165, 1.54) is 6.92 Å². The molecular weight excluding hydrogens is 336 g/mol. The van der Waals surface area contributed by atoms with Crippen LogP contribution < -0.4 is 0 Å². The first-order valence-electron chi connectivity index (χ1n) is 8.95. The van der Waals surface area contributed by atoms with Gasteiger partial charge in [-0.15, -0.1) is 0 Å². The zero-order valence-electron chi connectivity index (χ0n) is 15.2. The van der Waals surface area contributed by atoms with Gasteiger partial charge in [-0.2, -0.15) is 0 Å². The van der Waals surface area contributed by atoms with Crippen LogP contribution in [0, 0.1) is 11.8 Å². The highest BCUT2D eigenvalue weighted by Crippen LogP contribution is 2.50. The van der Waals surface area contributed by atoms with E-state index in [1.54, 1.807) is 6.92 Å². The minimum atomic E-state index is -0.443. The van der Waals surface area contributed by atoms with Crippen LogP contribution >= 0.6 is 0 Å². The van der Waals surface area contributed by atoms with Gasteiger partial charge in [0.1, 0.15) is 18.8 Å². The lowest BCUT2D eigenvalue weighted by atomic mass is 9.84. The molecular formula is C20H24O6. The van der Waals surface area contributed by atoms with Crippen molar-refractivity contribution in [3.63, 3.8) is 0 Å². The van der Waals surface area contributed by atoms with E-state index in [2.05, 4.69) is 13.2 Å². The number of esters is 3. The summed E-state index contributed by atoms with van der Waals surface area (Å²) in [6.07, 6.45) is 1.35. The van der Waals surface area contributed by atoms with Gasteiger partial charge >= 0.3 is 17.9 Å². The zero-order valence-corrected chi connectivity index (χ0v) is 15.2. The lowest BCUT2D eigenvalue weighted by Gasteiger charge is -2.24. The predicted molar refractivity (Wildman–Crippen MR) is 92.8 cm³/mol. The third-order valence-corrected chi connectivity index (χ3v) is 5.50. The predicted octanol–water partition coefficient (Wildman–Crippen LogP) is 2.64. The summed E-state index contributed by atoms with van der Waals surface area (Å²) < 4.78 is 16.4. The summed E-state index contributed by atoms with van der Waals surface area (Å²) in [7, 11) is 0. The molecule has 6 heteroatoms. The molecule has 3 aliphatic rings. The highest BCUT2D eigenvalue weighted by Gasteiger charge is 2.51. The molecule has 2 aliphatic carbocycles. The smallest absolute Gasteiger partial charge is 0.334 e. The van der Waals surface area contributed by atoms with Crippen molar-refractivity contribution in [1.29, 1.82) is 0 Å². The van der Waals surface area contributed by atoms with E-state index >= 15 is 0 Å². The quantitative estimate of drug-likeness (QED) is 0.332. The lowest BCUT2D eigenvalue weighted by Crippen LogP contribution is -2.28. The van der Waals surface area contributed by atoms with Crippen molar-refractivity contribution in [2.45, 2.75) is 51.7 Å². The fourth-order valence-electron chi connectivity index (χ4n) is 4.13. The highest BCUT2D eigenvalue weighted by molar-refractivity contribution is 5.91. The second kappa shape index (κ2) is 7.09. The van der Waals surface area contributed by atoms with Crippen LogP contribution in [0.1, 0.15) is 39.5 Å². The van der Waals surface area contributed by atoms with Crippen LogP contribution in [-0.4, -0.2) is 36.7 Å². The molecule has 2 fully saturated rings. The normalized spacial score (nSPS) is 30.5. The van der Waals surface area contributed by atoms with Crippen LogP contribution in [0.3, 0.4) is 0 Å². The Hall–Kier alpha value is -2.37. The molecule has 0 radical (unpaired) electrons. The molecule has 0 spiro atoms. The number of fused-ring (bicyclic) bond motifs is 3. The monoisotopic (exact) mass is 360 g/mol. The van der Waals surface area contributed by atoms with E-state index in [0.29, 0.717) is 24.8 Å². The summed E-state index contributed by atoms with van der Waals surface area (Å²) >= 11 is 0. The summed E-state index contributed by atoms with van der Waals surface area (Å²) in [5.74, 6) is -1.34. The number of hydrogen-bond donors (Lipinski definition) is 0. The van der Waals surface area contributed by atoms with Crippen LogP contribution in [0.2, 0.25) is 0 Å². The van der Waals surface area contributed by atoms with Gasteiger partial charge in [-0.1, -0.05) is 25.7 Å². The highest BCUT2D eigenvalue weighted by atomic mass is 16.6. The van der Waals surface area contributed by atoms with Crippen LogP contribution in [0.4, 0.5) is 0 Å². The van der Waals surface area contributed by atoms with E-state index < -0.39 is 6.10 Å². The van der Waals surface area contributed by atoms with Gasteiger partial charge in [0.15, 0.2) is 0 Å². The molecule has 4 atom stereocenters. The molecule has 0 N–H and O–H groups in total. The van der Waals surface area contributed by atoms with Crippen molar-refractivity contribution in [2.75, 3.05) is 6.61 Å². The first-order chi connectivity index (χ1) is 12.3. The van der Waals surface area contributed by atoms with Crippen molar-refractivity contribution in [3.8, 4) is 0 Å². The van der Waals surface area contributed by atoms with E-state index in [1.807, 2.05) is 0 Å². The molecule has 1 heterocycles. The summed E-state index contributed by atoms with van der Waals surface area (Å²) in [5.41, 5.74) is 3.23. The first kappa shape index (κ1) is 18.4. The van der Waals surface area contributed by atoms with Crippen molar-refractivity contribution >= 4 is 17.9 Å². The van der Waals surface area contributed by atoms with E-state index in [4.69, 9.17) is 14.2 Å². The van der Waals surface area contributed by atoms with Crippen molar-refractivity contribution in [3.05, 3.63) is 35.5 Å². The summed E-state index contributed by atoms with van der Waals surface area (Å²) in [5, 5.41) is 0. The maximum Gasteiger partial charge on any atom is 0.334 e. The van der Waals surface area contributed by atoms with Gasteiger partial charge in [0.05, 0.1) is 0 Å². The number of rotatable bonds is 4. The largest absolute Gasteiger partial charge is 0.461 e. The number of carbonyl (C=O) groups is 3. The Morgan fingerprint density at radius 1 is 1.31 bits per heavy atom. The Labute approximate surface area is 152 Å². The van der Waals surface area contributed by atoms with Crippen molar-refractivity contribution < 1.29 is 28.6 Å². The molecule has 0 unspecified atom stereocenters. The third-order valence-electron chi connectivity index (χ3n) is 5.50.